The number of nitrogens with zero attached hydrogens (tertiary/aromatic N) is 1. The number of benzene rings is 1. The molecule has 0 amide bonds. The van der Waals surface area contributed by atoms with E-state index in [1.165, 1.54) is 0 Å². The summed E-state index contributed by atoms with van der Waals surface area (Å²) >= 11 is 0. The number of anilines is 2. The van der Waals surface area contributed by atoms with Gasteiger partial charge >= 0.3 is 0 Å². The lowest BCUT2D eigenvalue weighted by Gasteiger charge is -2.40. The molecule has 1 fully saturated rings. The molecule has 21 heavy (non-hydrogen) atoms. The number of nitrogens with two attached hydrogens (primary N) is 1. The molecule has 0 aliphatic heterocycles. The Morgan fingerprint density at radius 3 is 2.71 bits per heavy atom. The lowest BCUT2D eigenvalue weighted by molar-refractivity contribution is -0.0148. The molecule has 1 heterocycles. The van der Waals surface area contributed by atoms with Crippen LogP contribution < -0.4 is 11.1 Å². The van der Waals surface area contributed by atoms with Crippen molar-refractivity contribution in [2.24, 2.45) is 5.41 Å². The Hall–Kier alpha value is -1.75. The van der Waals surface area contributed by atoms with Crippen LogP contribution in [0.15, 0.2) is 22.6 Å². The van der Waals surface area contributed by atoms with Crippen LogP contribution in [0.1, 0.15) is 39.5 Å². The summed E-state index contributed by atoms with van der Waals surface area (Å²) in [6.07, 6.45) is 3.69. The van der Waals surface area contributed by atoms with E-state index in [0.717, 1.165) is 31.2 Å². The molecule has 0 saturated heterocycles. The first-order chi connectivity index (χ1) is 9.85. The summed E-state index contributed by atoms with van der Waals surface area (Å²) in [5.74, 6) is 0. The lowest BCUT2D eigenvalue weighted by Crippen LogP contribution is -2.42. The number of aromatic nitrogens is 1. The van der Waals surface area contributed by atoms with E-state index in [1.54, 1.807) is 18.2 Å². The van der Waals surface area contributed by atoms with Gasteiger partial charge in [0, 0.05) is 12.2 Å². The Kier molecular flexibility index (Phi) is 3.32. The van der Waals surface area contributed by atoms with E-state index in [2.05, 4.69) is 24.1 Å². The smallest absolute Gasteiger partial charge is 0.295 e. The second kappa shape index (κ2) is 4.91. The Morgan fingerprint density at radius 1 is 1.29 bits per heavy atom. The van der Waals surface area contributed by atoms with Crippen LogP contribution in [0.25, 0.3) is 11.1 Å². The first kappa shape index (κ1) is 14.2. The number of hydrogen-bond donors (Lipinski definition) is 3. The molecule has 3 rings (SSSR count). The third kappa shape index (κ3) is 3.13. The first-order valence-electron chi connectivity index (χ1n) is 7.48. The van der Waals surface area contributed by atoms with Crippen molar-refractivity contribution in [3.63, 3.8) is 0 Å². The fourth-order valence-electron chi connectivity index (χ4n) is 2.83. The second-order valence-electron chi connectivity index (χ2n) is 6.99. The minimum atomic E-state index is -0.671. The van der Waals surface area contributed by atoms with Crippen molar-refractivity contribution in [1.29, 1.82) is 0 Å². The predicted octanol–water partition coefficient (Wildman–Crippen LogP) is 3.15. The highest BCUT2D eigenvalue weighted by Gasteiger charge is 2.36. The van der Waals surface area contributed by atoms with Crippen molar-refractivity contribution < 1.29 is 9.52 Å². The van der Waals surface area contributed by atoms with Gasteiger partial charge in [-0.15, -0.1) is 0 Å². The highest BCUT2D eigenvalue weighted by molar-refractivity contribution is 5.78. The van der Waals surface area contributed by atoms with Crippen LogP contribution in [0, 0.1) is 5.41 Å². The molecule has 0 radical (unpaired) electrons. The monoisotopic (exact) mass is 289 g/mol. The molecule has 5 nitrogen and oxygen atoms in total. The molecular weight excluding hydrogens is 266 g/mol. The maximum Gasteiger partial charge on any atom is 0.295 e. The number of rotatable bonds is 3. The van der Waals surface area contributed by atoms with Crippen LogP contribution in [0.3, 0.4) is 0 Å². The van der Waals surface area contributed by atoms with Crippen molar-refractivity contribution in [2.45, 2.75) is 45.1 Å². The van der Waals surface area contributed by atoms with E-state index in [0.29, 0.717) is 29.2 Å². The zero-order chi connectivity index (χ0) is 15.1. The van der Waals surface area contributed by atoms with Crippen molar-refractivity contribution in [1.82, 2.24) is 4.98 Å². The van der Waals surface area contributed by atoms with Crippen LogP contribution in [-0.2, 0) is 0 Å². The van der Waals surface area contributed by atoms with Crippen molar-refractivity contribution >= 4 is 22.8 Å². The van der Waals surface area contributed by atoms with Crippen LogP contribution in [0.2, 0.25) is 0 Å². The van der Waals surface area contributed by atoms with Crippen LogP contribution in [0.4, 0.5) is 11.7 Å². The molecule has 1 aliphatic rings. The van der Waals surface area contributed by atoms with Gasteiger partial charge in [-0.3, -0.25) is 0 Å². The normalized spacial score (nSPS) is 20.5. The van der Waals surface area contributed by atoms with Gasteiger partial charge in [0.2, 0.25) is 0 Å². The fourth-order valence-corrected chi connectivity index (χ4v) is 2.83. The van der Waals surface area contributed by atoms with Gasteiger partial charge in [-0.05, 0) is 49.3 Å². The van der Waals surface area contributed by atoms with E-state index in [1.807, 2.05) is 0 Å². The van der Waals surface area contributed by atoms with Gasteiger partial charge in [0.1, 0.15) is 5.52 Å². The van der Waals surface area contributed by atoms with E-state index >= 15 is 0 Å². The zero-order valence-electron chi connectivity index (χ0n) is 12.6. The molecule has 1 saturated carbocycles. The van der Waals surface area contributed by atoms with E-state index in [9.17, 15) is 5.11 Å². The molecule has 5 heteroatoms. The number of nitrogen functional groups attached to an aromatic ring is 1. The van der Waals surface area contributed by atoms with Gasteiger partial charge in [-0.2, -0.15) is 4.98 Å². The van der Waals surface area contributed by atoms with Gasteiger partial charge in [0.05, 0.1) is 5.60 Å². The van der Waals surface area contributed by atoms with Crippen molar-refractivity contribution in [2.75, 3.05) is 17.6 Å². The van der Waals surface area contributed by atoms with Crippen LogP contribution in [0.5, 0.6) is 0 Å². The topological polar surface area (TPSA) is 84.3 Å². The summed E-state index contributed by atoms with van der Waals surface area (Å²) in [7, 11) is 0. The third-order valence-electron chi connectivity index (χ3n) is 4.51. The molecule has 114 valence electrons. The average Bonchev–Trinajstić information content (AvgIpc) is 2.83. The van der Waals surface area contributed by atoms with E-state index < -0.39 is 5.60 Å². The second-order valence-corrected chi connectivity index (χ2v) is 6.99. The van der Waals surface area contributed by atoms with Gasteiger partial charge < -0.3 is 20.6 Å². The van der Waals surface area contributed by atoms with Crippen molar-refractivity contribution in [3.8, 4) is 0 Å². The maximum absolute atomic E-state index is 10.6. The minimum Gasteiger partial charge on any atom is -0.424 e. The number of nitrogens with one attached hydrogen (secondary N) is 1. The minimum absolute atomic E-state index is 0.335. The largest absolute Gasteiger partial charge is 0.424 e. The van der Waals surface area contributed by atoms with Crippen LogP contribution >= 0.6 is 0 Å². The Bertz CT molecular complexity index is 638. The summed E-state index contributed by atoms with van der Waals surface area (Å²) in [5.41, 5.74) is 7.48. The Balaban J connectivity index is 1.66. The van der Waals surface area contributed by atoms with Crippen LogP contribution in [-0.4, -0.2) is 22.2 Å². The molecule has 0 bridgehead atoms. The number of fused-ring (bicyclic) bond motifs is 1. The Labute approximate surface area is 124 Å². The SMILES string of the molecule is CC1(C)CCC(O)(CNc2nc3cc(N)ccc3o2)CC1. The van der Waals surface area contributed by atoms with Gasteiger partial charge in [0.15, 0.2) is 5.58 Å². The van der Waals surface area contributed by atoms with Gasteiger partial charge in [-0.1, -0.05) is 13.8 Å². The van der Waals surface area contributed by atoms with E-state index in [4.69, 9.17) is 10.2 Å². The highest BCUT2D eigenvalue weighted by atomic mass is 16.4. The Morgan fingerprint density at radius 2 is 2.00 bits per heavy atom. The molecular formula is C16H23N3O2. The molecule has 2 aromatic rings. The summed E-state index contributed by atoms with van der Waals surface area (Å²) in [6, 6.07) is 5.81. The highest BCUT2D eigenvalue weighted by Crippen LogP contribution is 2.40. The van der Waals surface area contributed by atoms with Gasteiger partial charge in [-0.25, -0.2) is 0 Å². The molecule has 4 N–H and O–H groups in total. The molecule has 1 aromatic carbocycles. The first-order valence-corrected chi connectivity index (χ1v) is 7.48. The quantitative estimate of drug-likeness (QED) is 0.756. The summed E-state index contributed by atoms with van der Waals surface area (Å²) in [6.45, 7) is 4.97. The van der Waals surface area contributed by atoms with Gasteiger partial charge in [0.25, 0.3) is 6.01 Å². The summed E-state index contributed by atoms with van der Waals surface area (Å²) in [5, 5.41) is 13.8. The summed E-state index contributed by atoms with van der Waals surface area (Å²) in [4.78, 5) is 4.35. The molecule has 0 atom stereocenters. The summed E-state index contributed by atoms with van der Waals surface area (Å²) < 4.78 is 5.61. The standard InChI is InChI=1S/C16H23N3O2/c1-15(2)5-7-16(20,8-6-15)10-18-14-19-12-9-11(17)3-4-13(12)21-14/h3-4,9,20H,5-8,10,17H2,1-2H3,(H,18,19). The molecule has 1 aliphatic carbocycles. The molecule has 0 spiro atoms. The number of aliphatic hydroxyl groups is 1. The third-order valence-corrected chi connectivity index (χ3v) is 4.51. The average molecular weight is 289 g/mol. The lowest BCUT2D eigenvalue weighted by atomic mass is 9.71. The number of hydrogen-bond acceptors (Lipinski definition) is 5. The zero-order valence-corrected chi connectivity index (χ0v) is 12.6. The van der Waals surface area contributed by atoms with E-state index in [-0.39, 0.29) is 0 Å². The molecule has 1 aromatic heterocycles. The number of oxazole rings is 1. The fraction of sp³-hybridized carbons (Fsp3) is 0.562. The maximum atomic E-state index is 10.6. The van der Waals surface area contributed by atoms with Crippen molar-refractivity contribution in [3.05, 3.63) is 18.2 Å². The molecule has 0 unspecified atom stereocenters. The predicted molar refractivity (Wildman–Crippen MR) is 84.1 cm³/mol.